The lowest BCUT2D eigenvalue weighted by Gasteiger charge is -2.01. The van der Waals surface area contributed by atoms with E-state index >= 15 is 0 Å². The minimum atomic E-state index is -0.403. The first-order valence-electron chi connectivity index (χ1n) is 7.93. The SMILES string of the molecule is O=C(Cn1nnc(-c2ccccc2)n1)NN=Cc1cc2c(cc1Cl)OCO2. The zero-order valence-electron chi connectivity index (χ0n) is 13.9. The molecule has 0 radical (unpaired) electrons. The number of hydrazone groups is 1. The molecule has 10 heteroatoms. The monoisotopic (exact) mass is 384 g/mol. The van der Waals surface area contributed by atoms with Crippen LogP contribution in [0.4, 0.5) is 0 Å². The fourth-order valence-electron chi connectivity index (χ4n) is 2.38. The number of tetrazole rings is 1. The first kappa shape index (κ1) is 17.0. The third-order valence-corrected chi connectivity index (χ3v) is 3.98. The number of aromatic nitrogens is 4. The molecule has 0 aliphatic carbocycles. The van der Waals surface area contributed by atoms with E-state index in [1.165, 1.54) is 11.0 Å². The standard InChI is InChI=1S/C17H13ClN6O3/c18-13-7-15-14(26-10-27-15)6-12(13)8-19-20-16(25)9-24-22-17(21-23-24)11-4-2-1-3-5-11/h1-8H,9-10H2,(H,20,25). The van der Waals surface area contributed by atoms with E-state index in [1.807, 2.05) is 30.3 Å². The Hall–Kier alpha value is -3.46. The van der Waals surface area contributed by atoms with Gasteiger partial charge in [0.1, 0.15) is 6.54 Å². The second kappa shape index (κ2) is 7.42. The Labute approximate surface area is 158 Å². The molecule has 1 amide bonds. The highest BCUT2D eigenvalue weighted by molar-refractivity contribution is 6.33. The second-order valence-corrected chi connectivity index (χ2v) is 5.94. The second-order valence-electron chi connectivity index (χ2n) is 5.53. The average Bonchev–Trinajstić information content (AvgIpc) is 3.32. The number of nitrogens with one attached hydrogen (secondary N) is 1. The van der Waals surface area contributed by atoms with Crippen LogP contribution in [0.2, 0.25) is 5.02 Å². The number of benzene rings is 2. The van der Waals surface area contributed by atoms with Gasteiger partial charge in [-0.15, -0.1) is 10.2 Å². The summed E-state index contributed by atoms with van der Waals surface area (Å²) >= 11 is 6.14. The van der Waals surface area contributed by atoms with Gasteiger partial charge in [0.25, 0.3) is 5.91 Å². The maximum atomic E-state index is 12.0. The molecule has 0 saturated heterocycles. The van der Waals surface area contributed by atoms with Gasteiger partial charge in [0.05, 0.1) is 11.2 Å². The van der Waals surface area contributed by atoms with Crippen molar-refractivity contribution < 1.29 is 14.3 Å². The Bertz CT molecular complexity index is 1010. The van der Waals surface area contributed by atoms with E-state index in [9.17, 15) is 4.79 Å². The largest absolute Gasteiger partial charge is 0.454 e. The molecule has 0 bridgehead atoms. The van der Waals surface area contributed by atoms with Gasteiger partial charge in [-0.2, -0.15) is 9.90 Å². The molecule has 1 N–H and O–H groups in total. The number of nitrogens with zero attached hydrogens (tertiary/aromatic N) is 5. The molecule has 2 heterocycles. The Balaban J connectivity index is 1.36. The molecule has 0 atom stereocenters. The summed E-state index contributed by atoms with van der Waals surface area (Å²) < 4.78 is 10.5. The molecule has 0 fully saturated rings. The third kappa shape index (κ3) is 3.87. The number of fused-ring (bicyclic) bond motifs is 1. The van der Waals surface area contributed by atoms with E-state index in [2.05, 4.69) is 25.9 Å². The molecule has 1 aliphatic heterocycles. The molecule has 136 valence electrons. The van der Waals surface area contributed by atoms with Crippen LogP contribution in [0.15, 0.2) is 47.6 Å². The average molecular weight is 385 g/mol. The van der Waals surface area contributed by atoms with Crippen LogP contribution in [0.1, 0.15) is 5.56 Å². The first-order valence-corrected chi connectivity index (χ1v) is 8.31. The summed E-state index contributed by atoms with van der Waals surface area (Å²) in [5.74, 6) is 1.19. The van der Waals surface area contributed by atoms with E-state index in [0.717, 1.165) is 5.56 Å². The molecule has 27 heavy (non-hydrogen) atoms. The number of hydrogen-bond acceptors (Lipinski definition) is 7. The fourth-order valence-corrected chi connectivity index (χ4v) is 2.58. The molecule has 0 saturated carbocycles. The summed E-state index contributed by atoms with van der Waals surface area (Å²) in [6.45, 7) is 0.0327. The molecular weight excluding hydrogens is 372 g/mol. The van der Waals surface area contributed by atoms with Gasteiger partial charge in [0.15, 0.2) is 11.5 Å². The Morgan fingerprint density at radius 2 is 2.04 bits per heavy atom. The van der Waals surface area contributed by atoms with Crippen LogP contribution in [0.25, 0.3) is 11.4 Å². The summed E-state index contributed by atoms with van der Waals surface area (Å²) in [6.07, 6.45) is 1.42. The van der Waals surface area contributed by atoms with Gasteiger partial charge >= 0.3 is 0 Å². The molecule has 1 aromatic heterocycles. The Morgan fingerprint density at radius 3 is 2.85 bits per heavy atom. The summed E-state index contributed by atoms with van der Waals surface area (Å²) in [5.41, 5.74) is 3.80. The maximum absolute atomic E-state index is 12.0. The predicted molar refractivity (Wildman–Crippen MR) is 96.6 cm³/mol. The van der Waals surface area contributed by atoms with Crippen molar-refractivity contribution in [1.82, 2.24) is 25.6 Å². The quantitative estimate of drug-likeness (QED) is 0.532. The van der Waals surface area contributed by atoms with Crippen LogP contribution in [0.5, 0.6) is 11.5 Å². The van der Waals surface area contributed by atoms with E-state index < -0.39 is 5.91 Å². The third-order valence-electron chi connectivity index (χ3n) is 3.65. The van der Waals surface area contributed by atoms with Gasteiger partial charge in [-0.1, -0.05) is 41.9 Å². The van der Waals surface area contributed by atoms with Gasteiger partial charge in [0, 0.05) is 17.2 Å². The molecule has 1 aliphatic rings. The summed E-state index contributed by atoms with van der Waals surface area (Å²) in [5, 5.41) is 16.3. The number of carbonyl (C=O) groups excluding carboxylic acids is 1. The topological polar surface area (TPSA) is 104 Å². The van der Waals surface area contributed by atoms with E-state index in [0.29, 0.717) is 27.9 Å². The van der Waals surface area contributed by atoms with Crippen molar-refractivity contribution in [3.05, 3.63) is 53.1 Å². The van der Waals surface area contributed by atoms with Crippen LogP contribution in [0.3, 0.4) is 0 Å². The lowest BCUT2D eigenvalue weighted by atomic mass is 10.2. The predicted octanol–water partition coefficient (Wildman–Crippen LogP) is 1.87. The molecule has 0 unspecified atom stereocenters. The number of rotatable bonds is 5. The fraction of sp³-hybridized carbons (Fsp3) is 0.118. The van der Waals surface area contributed by atoms with Crippen molar-refractivity contribution in [3.63, 3.8) is 0 Å². The van der Waals surface area contributed by atoms with Gasteiger partial charge < -0.3 is 9.47 Å². The highest BCUT2D eigenvalue weighted by atomic mass is 35.5. The van der Waals surface area contributed by atoms with Gasteiger partial charge in [-0.25, -0.2) is 5.43 Å². The lowest BCUT2D eigenvalue weighted by molar-refractivity contribution is -0.122. The van der Waals surface area contributed by atoms with Crippen molar-refractivity contribution in [3.8, 4) is 22.9 Å². The normalized spacial score (nSPS) is 12.5. The number of halogens is 1. The first-order chi connectivity index (χ1) is 13.2. The number of hydrogen-bond donors (Lipinski definition) is 1. The van der Waals surface area contributed by atoms with E-state index in [1.54, 1.807) is 12.1 Å². The molecule has 9 nitrogen and oxygen atoms in total. The highest BCUT2D eigenvalue weighted by Gasteiger charge is 2.15. The summed E-state index contributed by atoms with van der Waals surface area (Å²) in [4.78, 5) is 13.2. The van der Waals surface area contributed by atoms with Crippen LogP contribution >= 0.6 is 11.6 Å². The van der Waals surface area contributed by atoms with Crippen molar-refractivity contribution in [1.29, 1.82) is 0 Å². The molecule has 0 spiro atoms. The van der Waals surface area contributed by atoms with E-state index in [-0.39, 0.29) is 13.3 Å². The van der Waals surface area contributed by atoms with E-state index in [4.69, 9.17) is 21.1 Å². The van der Waals surface area contributed by atoms with Crippen molar-refractivity contribution >= 4 is 23.7 Å². The zero-order chi connectivity index (χ0) is 18.6. The number of amides is 1. The molecule has 2 aromatic carbocycles. The molecular formula is C17H13ClN6O3. The lowest BCUT2D eigenvalue weighted by Crippen LogP contribution is -2.24. The van der Waals surface area contributed by atoms with Crippen LogP contribution in [-0.2, 0) is 11.3 Å². The van der Waals surface area contributed by atoms with Crippen LogP contribution < -0.4 is 14.9 Å². The van der Waals surface area contributed by atoms with Crippen molar-refractivity contribution in [2.45, 2.75) is 6.54 Å². The van der Waals surface area contributed by atoms with Gasteiger partial charge in [-0.3, -0.25) is 4.79 Å². The molecule has 4 rings (SSSR count). The van der Waals surface area contributed by atoms with Crippen molar-refractivity contribution in [2.24, 2.45) is 5.10 Å². The summed E-state index contributed by atoms with van der Waals surface area (Å²) in [6, 6.07) is 12.7. The molecule has 3 aromatic rings. The van der Waals surface area contributed by atoms with Gasteiger partial charge in [-0.05, 0) is 11.3 Å². The Kier molecular flexibility index (Phi) is 4.67. The number of ether oxygens (including phenoxy) is 2. The minimum Gasteiger partial charge on any atom is -0.454 e. The summed E-state index contributed by atoms with van der Waals surface area (Å²) in [7, 11) is 0. The van der Waals surface area contributed by atoms with Crippen LogP contribution in [-0.4, -0.2) is 39.1 Å². The highest BCUT2D eigenvalue weighted by Crippen LogP contribution is 2.36. The van der Waals surface area contributed by atoms with Crippen LogP contribution in [0, 0.1) is 0 Å². The Morgan fingerprint density at radius 1 is 1.26 bits per heavy atom. The number of carbonyl (C=O) groups is 1. The maximum Gasteiger partial charge on any atom is 0.263 e. The minimum absolute atomic E-state index is 0.119. The zero-order valence-corrected chi connectivity index (χ0v) is 14.6. The van der Waals surface area contributed by atoms with Crippen molar-refractivity contribution in [2.75, 3.05) is 6.79 Å². The smallest absolute Gasteiger partial charge is 0.263 e. The van der Waals surface area contributed by atoms with Gasteiger partial charge in [0.2, 0.25) is 12.6 Å².